The molecule has 4 atom stereocenters. The second-order valence-electron chi connectivity index (χ2n) is 5.78. The fraction of sp³-hybridized carbons (Fsp3) is 0.714. The Labute approximate surface area is 107 Å². The van der Waals surface area contributed by atoms with Crippen LogP contribution < -0.4 is 0 Å². The van der Waals surface area contributed by atoms with E-state index in [0.29, 0.717) is 25.3 Å². The van der Waals surface area contributed by atoms with Gasteiger partial charge >= 0.3 is 0 Å². The lowest BCUT2D eigenvalue weighted by molar-refractivity contribution is -0.140. The first-order chi connectivity index (χ1) is 8.66. The van der Waals surface area contributed by atoms with Crippen LogP contribution in [0.2, 0.25) is 0 Å². The summed E-state index contributed by atoms with van der Waals surface area (Å²) in [5, 5.41) is 9.51. The van der Waals surface area contributed by atoms with Gasteiger partial charge in [0, 0.05) is 6.54 Å². The number of amides is 2. The molecule has 2 fully saturated rings. The fourth-order valence-electron chi connectivity index (χ4n) is 3.52. The molecule has 0 spiro atoms. The average Bonchev–Trinajstić information content (AvgIpc) is 2.88. The molecule has 3 aliphatic rings. The quantitative estimate of drug-likeness (QED) is 0.589. The highest BCUT2D eigenvalue weighted by atomic mass is 16.3. The Morgan fingerprint density at radius 3 is 2.22 bits per heavy atom. The molecule has 0 aromatic carbocycles. The van der Waals surface area contributed by atoms with Crippen molar-refractivity contribution in [3.63, 3.8) is 0 Å². The zero-order valence-corrected chi connectivity index (χ0v) is 10.4. The zero-order chi connectivity index (χ0) is 12.7. The van der Waals surface area contributed by atoms with Gasteiger partial charge in [0.25, 0.3) is 0 Å². The molecular formula is C14H19NO3. The Balaban J connectivity index is 1.70. The van der Waals surface area contributed by atoms with Gasteiger partial charge in [0.15, 0.2) is 0 Å². The number of hydrogen-bond acceptors (Lipinski definition) is 3. The summed E-state index contributed by atoms with van der Waals surface area (Å²) in [5.74, 6) is 0.0788. The van der Waals surface area contributed by atoms with E-state index in [2.05, 4.69) is 0 Å². The second kappa shape index (κ2) is 4.50. The van der Waals surface area contributed by atoms with E-state index in [1.54, 1.807) is 0 Å². The number of hydrogen-bond donors (Lipinski definition) is 1. The minimum atomic E-state index is -0.244. The van der Waals surface area contributed by atoms with Gasteiger partial charge in [-0.2, -0.15) is 0 Å². The Kier molecular flexibility index (Phi) is 2.98. The summed E-state index contributed by atoms with van der Waals surface area (Å²) in [5.41, 5.74) is 0. The highest BCUT2D eigenvalue weighted by molar-refractivity contribution is 6.05. The number of imide groups is 1. The van der Waals surface area contributed by atoms with Gasteiger partial charge in [0.05, 0.1) is 17.9 Å². The van der Waals surface area contributed by atoms with Crippen molar-refractivity contribution in [2.75, 3.05) is 6.54 Å². The molecule has 1 heterocycles. The van der Waals surface area contributed by atoms with E-state index >= 15 is 0 Å². The highest BCUT2D eigenvalue weighted by Gasteiger charge is 2.47. The predicted molar refractivity (Wildman–Crippen MR) is 65.4 cm³/mol. The largest absolute Gasteiger partial charge is 0.393 e. The molecule has 3 rings (SSSR count). The van der Waals surface area contributed by atoms with Crippen LogP contribution in [-0.4, -0.2) is 34.5 Å². The average molecular weight is 249 g/mol. The van der Waals surface area contributed by atoms with Crippen molar-refractivity contribution in [1.82, 2.24) is 4.90 Å². The third-order valence-electron chi connectivity index (χ3n) is 4.55. The molecule has 0 radical (unpaired) electrons. The second-order valence-corrected chi connectivity index (χ2v) is 5.78. The van der Waals surface area contributed by atoms with Crippen molar-refractivity contribution < 1.29 is 14.7 Å². The molecule has 1 saturated carbocycles. The van der Waals surface area contributed by atoms with Crippen LogP contribution in [0.3, 0.4) is 0 Å². The van der Waals surface area contributed by atoms with Crippen LogP contribution in [0.4, 0.5) is 0 Å². The van der Waals surface area contributed by atoms with Crippen LogP contribution in [-0.2, 0) is 9.59 Å². The summed E-state index contributed by atoms with van der Waals surface area (Å²) >= 11 is 0. The molecule has 2 amide bonds. The molecule has 1 aliphatic heterocycles. The summed E-state index contributed by atoms with van der Waals surface area (Å²) < 4.78 is 0. The molecule has 0 aromatic rings. The van der Waals surface area contributed by atoms with Gasteiger partial charge in [-0.3, -0.25) is 14.5 Å². The lowest BCUT2D eigenvalue weighted by Gasteiger charge is -2.19. The number of likely N-dealkylation sites (tertiary alicyclic amines) is 1. The number of nitrogens with zero attached hydrogens (tertiary/aromatic N) is 1. The van der Waals surface area contributed by atoms with Crippen molar-refractivity contribution in [3.8, 4) is 0 Å². The molecule has 1 saturated heterocycles. The van der Waals surface area contributed by atoms with Gasteiger partial charge in [0.1, 0.15) is 0 Å². The smallest absolute Gasteiger partial charge is 0.233 e. The van der Waals surface area contributed by atoms with Gasteiger partial charge in [-0.1, -0.05) is 12.2 Å². The monoisotopic (exact) mass is 249 g/mol. The zero-order valence-electron chi connectivity index (χ0n) is 10.4. The maximum Gasteiger partial charge on any atom is 0.233 e. The van der Waals surface area contributed by atoms with E-state index in [4.69, 9.17) is 0 Å². The van der Waals surface area contributed by atoms with E-state index in [9.17, 15) is 14.7 Å². The number of carbonyl (C=O) groups is 2. The number of fused-ring (bicyclic) bond motifs is 1. The van der Waals surface area contributed by atoms with Gasteiger partial charge in [-0.15, -0.1) is 0 Å². The lowest BCUT2D eigenvalue weighted by atomic mass is 9.85. The first kappa shape index (κ1) is 11.9. The SMILES string of the molecule is O=C1C2CC=CCC2C(=O)N1CC1CCC(O)C1. The van der Waals surface area contributed by atoms with E-state index in [1.807, 2.05) is 12.2 Å². The van der Waals surface area contributed by atoms with E-state index in [1.165, 1.54) is 4.90 Å². The molecule has 4 nitrogen and oxygen atoms in total. The molecule has 4 heteroatoms. The first-order valence-corrected chi connectivity index (χ1v) is 6.85. The van der Waals surface area contributed by atoms with Gasteiger partial charge < -0.3 is 5.11 Å². The summed E-state index contributed by atoms with van der Waals surface area (Å²) in [4.78, 5) is 25.9. The highest BCUT2D eigenvalue weighted by Crippen LogP contribution is 2.36. The Bertz CT molecular complexity index is 378. The van der Waals surface area contributed by atoms with Crippen molar-refractivity contribution >= 4 is 11.8 Å². The van der Waals surface area contributed by atoms with Crippen LogP contribution >= 0.6 is 0 Å². The van der Waals surface area contributed by atoms with Crippen LogP contribution in [0, 0.1) is 17.8 Å². The molecular weight excluding hydrogens is 230 g/mol. The lowest BCUT2D eigenvalue weighted by Crippen LogP contribution is -2.35. The fourth-order valence-corrected chi connectivity index (χ4v) is 3.52. The van der Waals surface area contributed by atoms with E-state index in [0.717, 1.165) is 19.3 Å². The summed E-state index contributed by atoms with van der Waals surface area (Å²) in [6, 6.07) is 0. The Morgan fingerprint density at radius 1 is 1.11 bits per heavy atom. The van der Waals surface area contributed by atoms with Crippen molar-refractivity contribution in [2.45, 2.75) is 38.2 Å². The number of aliphatic hydroxyl groups excluding tert-OH is 1. The van der Waals surface area contributed by atoms with E-state index in [-0.39, 0.29) is 29.8 Å². The molecule has 18 heavy (non-hydrogen) atoms. The molecule has 0 aromatic heterocycles. The Hall–Kier alpha value is -1.16. The maximum absolute atomic E-state index is 12.2. The van der Waals surface area contributed by atoms with Crippen molar-refractivity contribution in [1.29, 1.82) is 0 Å². The standard InChI is InChI=1S/C14H19NO3/c16-10-6-5-9(7-10)8-15-13(17)11-3-1-2-4-12(11)14(15)18/h1-2,9-12,16H,3-8H2. The topological polar surface area (TPSA) is 57.6 Å². The number of carbonyl (C=O) groups excluding carboxylic acids is 2. The summed E-state index contributed by atoms with van der Waals surface area (Å²) in [6.45, 7) is 0.516. The van der Waals surface area contributed by atoms with Crippen LogP contribution in [0.5, 0.6) is 0 Å². The maximum atomic E-state index is 12.2. The molecule has 98 valence electrons. The molecule has 2 aliphatic carbocycles. The minimum Gasteiger partial charge on any atom is -0.393 e. The first-order valence-electron chi connectivity index (χ1n) is 6.85. The Morgan fingerprint density at radius 2 is 1.72 bits per heavy atom. The number of aliphatic hydroxyl groups is 1. The van der Waals surface area contributed by atoms with Crippen molar-refractivity contribution in [3.05, 3.63) is 12.2 Å². The normalized spacial score (nSPS) is 39.5. The van der Waals surface area contributed by atoms with E-state index < -0.39 is 0 Å². The van der Waals surface area contributed by atoms with Gasteiger partial charge in [0.2, 0.25) is 11.8 Å². The predicted octanol–water partition coefficient (Wildman–Crippen LogP) is 1.10. The van der Waals surface area contributed by atoms with Crippen LogP contribution in [0.1, 0.15) is 32.1 Å². The molecule has 0 bridgehead atoms. The third kappa shape index (κ3) is 1.88. The molecule has 1 N–H and O–H groups in total. The minimum absolute atomic E-state index is 0.00994. The van der Waals surface area contributed by atoms with Gasteiger partial charge in [-0.25, -0.2) is 0 Å². The molecule has 4 unspecified atom stereocenters. The van der Waals surface area contributed by atoms with Crippen molar-refractivity contribution in [2.24, 2.45) is 17.8 Å². The number of allylic oxidation sites excluding steroid dienone is 2. The van der Waals surface area contributed by atoms with Gasteiger partial charge in [-0.05, 0) is 38.0 Å². The number of rotatable bonds is 2. The van der Waals surface area contributed by atoms with Crippen LogP contribution in [0.25, 0.3) is 0 Å². The summed E-state index contributed by atoms with van der Waals surface area (Å²) in [7, 11) is 0. The third-order valence-corrected chi connectivity index (χ3v) is 4.55. The van der Waals surface area contributed by atoms with Crippen LogP contribution in [0.15, 0.2) is 12.2 Å². The summed E-state index contributed by atoms with van der Waals surface area (Å²) in [6.07, 6.45) is 7.64.